The first-order valence-electron chi connectivity index (χ1n) is 7.68. The van der Waals surface area contributed by atoms with Crippen LogP contribution in [-0.4, -0.2) is 47.4 Å². The summed E-state index contributed by atoms with van der Waals surface area (Å²) < 4.78 is 10.8. The summed E-state index contributed by atoms with van der Waals surface area (Å²) in [4.78, 5) is 14.4. The summed E-state index contributed by atoms with van der Waals surface area (Å²) in [5.74, 6) is 1.35. The van der Waals surface area contributed by atoms with Crippen molar-refractivity contribution in [2.45, 2.75) is 12.8 Å². The molecular weight excluding hydrogens is 296 g/mol. The van der Waals surface area contributed by atoms with E-state index in [0.717, 1.165) is 11.3 Å². The number of hydrogen-bond donors (Lipinski definition) is 1. The standard InChI is InChI=1S/C17H18N2O4/c1-11-6-14(18-23-11)16(21)19-7-13-12-4-2-3-5-15(12)22-10-17(13,8-19)9-20/h2-6,13,20H,7-10H2,1H3/t13-,17-/m1/s1. The number of nitrogens with zero attached hydrogens (tertiary/aromatic N) is 2. The highest BCUT2D eigenvalue weighted by molar-refractivity contribution is 5.92. The van der Waals surface area contributed by atoms with Gasteiger partial charge in [0, 0.05) is 25.1 Å². The zero-order chi connectivity index (χ0) is 16.0. The SMILES string of the molecule is Cc1cc(C(=O)N2C[C@@H]3c4ccccc4OC[C@]3(CO)C2)no1. The average Bonchev–Trinajstić information content (AvgIpc) is 3.18. The Morgan fingerprint density at radius 1 is 1.48 bits per heavy atom. The van der Waals surface area contributed by atoms with Crippen LogP contribution in [0.3, 0.4) is 0 Å². The van der Waals surface area contributed by atoms with Gasteiger partial charge in [-0.1, -0.05) is 23.4 Å². The van der Waals surface area contributed by atoms with Crippen LogP contribution in [-0.2, 0) is 0 Å². The van der Waals surface area contributed by atoms with E-state index in [0.29, 0.717) is 31.2 Å². The van der Waals surface area contributed by atoms with E-state index in [2.05, 4.69) is 5.16 Å². The van der Waals surface area contributed by atoms with Crippen molar-refractivity contribution in [3.63, 3.8) is 0 Å². The maximum atomic E-state index is 12.7. The Bertz CT molecular complexity index is 757. The van der Waals surface area contributed by atoms with Gasteiger partial charge in [0.2, 0.25) is 0 Å². The maximum absolute atomic E-state index is 12.7. The van der Waals surface area contributed by atoms with E-state index in [4.69, 9.17) is 9.26 Å². The van der Waals surface area contributed by atoms with Crippen LogP contribution in [0.5, 0.6) is 5.75 Å². The second-order valence-electron chi connectivity index (χ2n) is 6.41. The molecule has 1 fully saturated rings. The fourth-order valence-corrected chi connectivity index (χ4v) is 3.65. The molecule has 120 valence electrons. The summed E-state index contributed by atoms with van der Waals surface area (Å²) in [7, 11) is 0. The second-order valence-corrected chi connectivity index (χ2v) is 6.41. The molecule has 0 unspecified atom stereocenters. The number of carbonyl (C=O) groups is 1. The lowest BCUT2D eigenvalue weighted by molar-refractivity contribution is 0.0438. The molecule has 1 aromatic carbocycles. The van der Waals surface area contributed by atoms with Crippen molar-refractivity contribution in [2.75, 3.05) is 26.3 Å². The van der Waals surface area contributed by atoms with E-state index >= 15 is 0 Å². The maximum Gasteiger partial charge on any atom is 0.276 e. The topological polar surface area (TPSA) is 75.8 Å². The number of aliphatic hydroxyl groups is 1. The van der Waals surface area contributed by atoms with Crippen LogP contribution >= 0.6 is 0 Å². The molecule has 3 heterocycles. The number of benzene rings is 1. The average molecular weight is 314 g/mol. The van der Waals surface area contributed by atoms with Crippen molar-refractivity contribution >= 4 is 5.91 Å². The van der Waals surface area contributed by atoms with Crippen molar-refractivity contribution in [3.8, 4) is 5.75 Å². The van der Waals surface area contributed by atoms with Gasteiger partial charge < -0.3 is 19.3 Å². The molecule has 1 amide bonds. The van der Waals surface area contributed by atoms with Crippen molar-refractivity contribution < 1.29 is 19.2 Å². The first kappa shape index (κ1) is 14.3. The van der Waals surface area contributed by atoms with Gasteiger partial charge in [-0.3, -0.25) is 4.79 Å². The fourth-order valence-electron chi connectivity index (χ4n) is 3.65. The minimum Gasteiger partial charge on any atom is -0.493 e. The van der Waals surface area contributed by atoms with Crippen LogP contribution < -0.4 is 4.74 Å². The van der Waals surface area contributed by atoms with Crippen molar-refractivity contribution in [2.24, 2.45) is 5.41 Å². The summed E-state index contributed by atoms with van der Waals surface area (Å²) in [5.41, 5.74) is 0.908. The third kappa shape index (κ3) is 2.13. The van der Waals surface area contributed by atoms with E-state index in [-0.39, 0.29) is 18.4 Å². The monoisotopic (exact) mass is 314 g/mol. The minimum absolute atomic E-state index is 0.0202. The summed E-state index contributed by atoms with van der Waals surface area (Å²) >= 11 is 0. The number of hydrogen-bond acceptors (Lipinski definition) is 5. The van der Waals surface area contributed by atoms with Crippen molar-refractivity contribution in [1.29, 1.82) is 0 Å². The molecule has 2 atom stereocenters. The number of fused-ring (bicyclic) bond motifs is 3. The Balaban J connectivity index is 1.67. The fraction of sp³-hybridized carbons (Fsp3) is 0.412. The molecule has 2 aromatic rings. The quantitative estimate of drug-likeness (QED) is 0.911. The number of carbonyl (C=O) groups excluding carboxylic acids is 1. The molecule has 4 rings (SSSR count). The molecule has 1 saturated heterocycles. The Morgan fingerprint density at radius 3 is 3.04 bits per heavy atom. The van der Waals surface area contributed by atoms with Crippen molar-refractivity contribution in [3.05, 3.63) is 47.3 Å². The molecule has 6 nitrogen and oxygen atoms in total. The largest absolute Gasteiger partial charge is 0.493 e. The number of para-hydroxylation sites is 1. The predicted octanol–water partition coefficient (Wildman–Crippen LogP) is 1.59. The lowest BCUT2D eigenvalue weighted by Gasteiger charge is -2.37. The van der Waals surface area contributed by atoms with Gasteiger partial charge in [0.25, 0.3) is 5.91 Å². The molecule has 2 aliphatic rings. The van der Waals surface area contributed by atoms with E-state index < -0.39 is 5.41 Å². The molecule has 0 radical (unpaired) electrons. The van der Waals surface area contributed by atoms with Crippen LogP contribution in [0.2, 0.25) is 0 Å². The predicted molar refractivity (Wildman–Crippen MR) is 81.3 cm³/mol. The van der Waals surface area contributed by atoms with Gasteiger partial charge in [0.1, 0.15) is 11.5 Å². The molecular formula is C17H18N2O4. The van der Waals surface area contributed by atoms with Gasteiger partial charge >= 0.3 is 0 Å². The zero-order valence-corrected chi connectivity index (χ0v) is 12.9. The van der Waals surface area contributed by atoms with Crippen LogP contribution in [0.15, 0.2) is 34.9 Å². The number of aliphatic hydroxyl groups excluding tert-OH is 1. The lowest BCUT2D eigenvalue weighted by atomic mass is 9.74. The van der Waals surface area contributed by atoms with Crippen molar-refractivity contribution in [1.82, 2.24) is 10.1 Å². The van der Waals surface area contributed by atoms with Gasteiger partial charge in [-0.2, -0.15) is 0 Å². The Morgan fingerprint density at radius 2 is 2.30 bits per heavy atom. The highest BCUT2D eigenvalue weighted by Crippen LogP contribution is 2.49. The number of aromatic nitrogens is 1. The first-order chi connectivity index (χ1) is 11.1. The van der Waals surface area contributed by atoms with E-state index in [1.54, 1.807) is 17.9 Å². The summed E-state index contributed by atoms with van der Waals surface area (Å²) in [5, 5.41) is 13.8. The lowest BCUT2D eigenvalue weighted by Crippen LogP contribution is -2.42. The third-order valence-corrected chi connectivity index (χ3v) is 4.91. The molecule has 0 saturated carbocycles. The Labute approximate surface area is 133 Å². The normalized spacial score (nSPS) is 25.7. The second kappa shape index (κ2) is 5.09. The Kier molecular flexibility index (Phi) is 3.16. The Hall–Kier alpha value is -2.34. The van der Waals surface area contributed by atoms with Crippen LogP contribution in [0.4, 0.5) is 0 Å². The van der Waals surface area contributed by atoms with E-state index in [1.165, 1.54) is 0 Å². The van der Waals surface area contributed by atoms with Gasteiger partial charge in [-0.25, -0.2) is 0 Å². The molecule has 6 heteroatoms. The van der Waals surface area contributed by atoms with E-state index in [1.807, 2.05) is 24.3 Å². The number of rotatable bonds is 2. The van der Waals surface area contributed by atoms with Crippen LogP contribution in [0.1, 0.15) is 27.7 Å². The molecule has 2 aliphatic heterocycles. The zero-order valence-electron chi connectivity index (χ0n) is 12.9. The highest BCUT2D eigenvalue weighted by Gasteiger charge is 2.52. The number of amides is 1. The summed E-state index contributed by atoms with van der Waals surface area (Å²) in [6.45, 7) is 3.15. The minimum atomic E-state index is -0.456. The van der Waals surface area contributed by atoms with Gasteiger partial charge in [-0.05, 0) is 18.6 Å². The van der Waals surface area contributed by atoms with E-state index in [9.17, 15) is 9.90 Å². The first-order valence-corrected chi connectivity index (χ1v) is 7.68. The number of aryl methyl sites for hydroxylation is 1. The molecule has 0 aliphatic carbocycles. The molecule has 0 bridgehead atoms. The van der Waals surface area contributed by atoms with Gasteiger partial charge in [-0.15, -0.1) is 0 Å². The number of ether oxygens (including phenoxy) is 1. The highest BCUT2D eigenvalue weighted by atomic mass is 16.5. The van der Waals surface area contributed by atoms with Gasteiger partial charge in [0.05, 0.1) is 18.6 Å². The van der Waals surface area contributed by atoms with Gasteiger partial charge in [0.15, 0.2) is 5.69 Å². The molecule has 23 heavy (non-hydrogen) atoms. The summed E-state index contributed by atoms with van der Waals surface area (Å²) in [6.07, 6.45) is 0. The smallest absolute Gasteiger partial charge is 0.276 e. The van der Waals surface area contributed by atoms with Crippen LogP contribution in [0, 0.1) is 12.3 Å². The third-order valence-electron chi connectivity index (χ3n) is 4.91. The molecule has 1 N–H and O–H groups in total. The summed E-state index contributed by atoms with van der Waals surface area (Å²) in [6, 6.07) is 9.47. The number of likely N-dealkylation sites (tertiary alicyclic amines) is 1. The molecule has 0 spiro atoms. The molecule has 1 aromatic heterocycles. The van der Waals surface area contributed by atoms with Crippen LogP contribution in [0.25, 0.3) is 0 Å².